The van der Waals surface area contributed by atoms with E-state index in [2.05, 4.69) is 0 Å². The zero-order chi connectivity index (χ0) is 13.7. The summed E-state index contributed by atoms with van der Waals surface area (Å²) in [5, 5.41) is 20.7. The van der Waals surface area contributed by atoms with Gasteiger partial charge in [0.25, 0.3) is 5.69 Å². The molecule has 0 aliphatic heterocycles. The number of hydrogen-bond acceptors (Lipinski definition) is 4. The van der Waals surface area contributed by atoms with Crippen molar-refractivity contribution in [1.29, 1.82) is 5.26 Å². The fourth-order valence-corrected chi connectivity index (χ4v) is 1.87. The highest BCUT2D eigenvalue weighted by Crippen LogP contribution is 2.32. The summed E-state index contributed by atoms with van der Waals surface area (Å²) in [5.74, 6) is 0.610. The summed E-state index contributed by atoms with van der Waals surface area (Å²) >= 11 is 0. The van der Waals surface area contributed by atoms with Crippen LogP contribution in [0.25, 0.3) is 10.8 Å². The summed E-state index contributed by atoms with van der Waals surface area (Å²) in [5.41, 5.74) is 0.0694. The lowest BCUT2D eigenvalue weighted by Crippen LogP contribution is -1.98. The Balaban J connectivity index is 2.33. The average molecular weight is 256 g/mol. The van der Waals surface area contributed by atoms with E-state index in [1.54, 1.807) is 24.3 Å². The number of nitrogens with zero attached hydrogens (tertiary/aromatic N) is 2. The first-order valence-electron chi connectivity index (χ1n) is 5.90. The first-order valence-corrected chi connectivity index (χ1v) is 5.90. The van der Waals surface area contributed by atoms with Crippen LogP contribution in [0.4, 0.5) is 5.69 Å². The van der Waals surface area contributed by atoms with Crippen molar-refractivity contribution < 1.29 is 9.66 Å². The van der Waals surface area contributed by atoms with Crippen molar-refractivity contribution in [3.8, 4) is 11.8 Å². The van der Waals surface area contributed by atoms with Crippen LogP contribution < -0.4 is 4.74 Å². The minimum absolute atomic E-state index is 0.0694. The lowest BCUT2D eigenvalue weighted by molar-refractivity contribution is -0.383. The number of unbranched alkanes of at least 4 members (excludes halogenated alkanes) is 1. The van der Waals surface area contributed by atoms with Crippen molar-refractivity contribution in [3.05, 3.63) is 46.5 Å². The molecule has 2 aromatic carbocycles. The molecular weight excluding hydrogens is 244 g/mol. The molecule has 96 valence electrons. The fraction of sp³-hybridized carbons (Fsp3) is 0.214. The summed E-state index contributed by atoms with van der Waals surface area (Å²) in [4.78, 5) is 10.6. The van der Waals surface area contributed by atoms with Crippen molar-refractivity contribution in [3.63, 3.8) is 0 Å². The lowest BCUT2D eigenvalue weighted by Gasteiger charge is -2.08. The molecule has 0 aliphatic carbocycles. The van der Waals surface area contributed by atoms with Gasteiger partial charge in [0.2, 0.25) is 0 Å². The van der Waals surface area contributed by atoms with E-state index in [1.807, 2.05) is 12.1 Å². The number of nitro groups is 1. The van der Waals surface area contributed by atoms with Crippen molar-refractivity contribution >= 4 is 16.5 Å². The number of benzene rings is 2. The maximum atomic E-state index is 11.0. The van der Waals surface area contributed by atoms with E-state index in [-0.39, 0.29) is 5.69 Å². The van der Waals surface area contributed by atoms with E-state index in [0.29, 0.717) is 36.0 Å². The molecule has 0 fully saturated rings. The van der Waals surface area contributed by atoms with Crippen LogP contribution >= 0.6 is 0 Å². The highest BCUT2D eigenvalue weighted by atomic mass is 16.6. The summed E-state index contributed by atoms with van der Waals surface area (Å²) in [6.07, 6.45) is 1.08. The SMILES string of the molecule is N#CCCCOc1ccc([N+](=O)[O-])c2ccccc12. The van der Waals surface area contributed by atoms with Gasteiger partial charge in [-0.3, -0.25) is 10.1 Å². The van der Waals surface area contributed by atoms with E-state index in [1.165, 1.54) is 6.07 Å². The van der Waals surface area contributed by atoms with Crippen molar-refractivity contribution in [2.24, 2.45) is 0 Å². The van der Waals surface area contributed by atoms with Crippen LogP contribution in [0.3, 0.4) is 0 Å². The van der Waals surface area contributed by atoms with Gasteiger partial charge < -0.3 is 4.74 Å². The van der Waals surface area contributed by atoms with Crippen LogP contribution in [0.15, 0.2) is 36.4 Å². The zero-order valence-corrected chi connectivity index (χ0v) is 10.2. The second-order valence-corrected chi connectivity index (χ2v) is 4.00. The molecule has 5 nitrogen and oxygen atoms in total. The standard InChI is InChI=1S/C14H12N2O3/c15-9-3-4-10-19-14-8-7-13(16(17)18)11-5-1-2-6-12(11)14/h1-2,5-8H,3-4,10H2. The summed E-state index contributed by atoms with van der Waals surface area (Å²) in [6.45, 7) is 0.426. The summed E-state index contributed by atoms with van der Waals surface area (Å²) < 4.78 is 5.58. The Bertz CT molecular complexity index is 647. The Kier molecular flexibility index (Phi) is 3.94. The van der Waals surface area contributed by atoms with Gasteiger partial charge in [0.15, 0.2) is 0 Å². The third-order valence-corrected chi connectivity index (χ3v) is 2.75. The van der Waals surface area contributed by atoms with Gasteiger partial charge in [-0.05, 0) is 18.6 Å². The monoisotopic (exact) mass is 256 g/mol. The maximum absolute atomic E-state index is 11.0. The number of ether oxygens (including phenoxy) is 1. The van der Waals surface area contributed by atoms with Crippen LogP contribution in [0.2, 0.25) is 0 Å². The molecule has 0 amide bonds. The molecule has 0 saturated carbocycles. The normalized spacial score (nSPS) is 10.1. The molecule has 0 heterocycles. The fourth-order valence-electron chi connectivity index (χ4n) is 1.87. The number of hydrogen-bond donors (Lipinski definition) is 0. The molecule has 0 spiro atoms. The van der Waals surface area contributed by atoms with Crippen LogP contribution in [0.1, 0.15) is 12.8 Å². The highest BCUT2D eigenvalue weighted by molar-refractivity contribution is 5.95. The van der Waals surface area contributed by atoms with Crippen molar-refractivity contribution in [2.45, 2.75) is 12.8 Å². The molecule has 2 rings (SSSR count). The second-order valence-electron chi connectivity index (χ2n) is 4.00. The molecule has 0 aromatic heterocycles. The molecule has 0 aliphatic rings. The number of fused-ring (bicyclic) bond motifs is 1. The number of non-ortho nitro benzene ring substituents is 1. The topological polar surface area (TPSA) is 76.2 Å². The molecule has 19 heavy (non-hydrogen) atoms. The van der Waals surface area contributed by atoms with E-state index in [9.17, 15) is 10.1 Å². The van der Waals surface area contributed by atoms with E-state index >= 15 is 0 Å². The molecule has 0 bridgehead atoms. The van der Waals surface area contributed by atoms with Gasteiger partial charge in [-0.15, -0.1) is 0 Å². The molecule has 0 radical (unpaired) electrons. The molecule has 0 unspecified atom stereocenters. The van der Waals surface area contributed by atoms with E-state index in [4.69, 9.17) is 10.00 Å². The quantitative estimate of drug-likeness (QED) is 0.466. The Morgan fingerprint density at radius 3 is 2.63 bits per heavy atom. The molecule has 0 N–H and O–H groups in total. The van der Waals surface area contributed by atoms with Gasteiger partial charge in [0.05, 0.1) is 23.0 Å². The minimum Gasteiger partial charge on any atom is -0.493 e. The highest BCUT2D eigenvalue weighted by Gasteiger charge is 2.14. The Hall–Kier alpha value is -2.61. The van der Waals surface area contributed by atoms with E-state index < -0.39 is 4.92 Å². The maximum Gasteiger partial charge on any atom is 0.277 e. The molecule has 2 aromatic rings. The zero-order valence-electron chi connectivity index (χ0n) is 10.2. The van der Waals surface area contributed by atoms with Gasteiger partial charge in [0, 0.05) is 17.9 Å². The first-order chi connectivity index (χ1) is 9.24. The van der Waals surface area contributed by atoms with Gasteiger partial charge in [-0.2, -0.15) is 5.26 Å². The molecule has 0 atom stereocenters. The third kappa shape index (κ3) is 2.80. The van der Waals surface area contributed by atoms with Crippen LogP contribution in [-0.4, -0.2) is 11.5 Å². The first kappa shape index (κ1) is 12.8. The predicted molar refractivity (Wildman–Crippen MR) is 70.9 cm³/mol. The van der Waals surface area contributed by atoms with Gasteiger partial charge in [0.1, 0.15) is 5.75 Å². The number of rotatable bonds is 5. The average Bonchev–Trinajstić information content (AvgIpc) is 2.43. The number of nitro benzene ring substituents is 1. The molecule has 0 saturated heterocycles. The minimum atomic E-state index is -0.401. The lowest BCUT2D eigenvalue weighted by atomic mass is 10.1. The van der Waals surface area contributed by atoms with Crippen LogP contribution in [0, 0.1) is 21.4 Å². The Labute approximate surface area is 110 Å². The van der Waals surface area contributed by atoms with Gasteiger partial charge in [-0.1, -0.05) is 18.2 Å². The Morgan fingerprint density at radius 2 is 1.95 bits per heavy atom. The Morgan fingerprint density at radius 1 is 1.21 bits per heavy atom. The van der Waals surface area contributed by atoms with Gasteiger partial charge in [-0.25, -0.2) is 0 Å². The third-order valence-electron chi connectivity index (χ3n) is 2.75. The summed E-state index contributed by atoms with van der Waals surface area (Å²) in [6, 6.07) is 12.2. The van der Waals surface area contributed by atoms with E-state index in [0.717, 1.165) is 0 Å². The molecular formula is C14H12N2O3. The van der Waals surface area contributed by atoms with Crippen LogP contribution in [0.5, 0.6) is 5.75 Å². The van der Waals surface area contributed by atoms with Crippen molar-refractivity contribution in [2.75, 3.05) is 6.61 Å². The summed E-state index contributed by atoms with van der Waals surface area (Å²) in [7, 11) is 0. The number of nitriles is 1. The van der Waals surface area contributed by atoms with Crippen LogP contribution in [-0.2, 0) is 0 Å². The van der Waals surface area contributed by atoms with Gasteiger partial charge >= 0.3 is 0 Å². The predicted octanol–water partition coefficient (Wildman–Crippen LogP) is 3.43. The smallest absolute Gasteiger partial charge is 0.277 e. The molecule has 5 heteroatoms. The second kappa shape index (κ2) is 5.83. The van der Waals surface area contributed by atoms with Crippen molar-refractivity contribution in [1.82, 2.24) is 0 Å². The largest absolute Gasteiger partial charge is 0.493 e.